The Morgan fingerprint density at radius 3 is 3.17 bits per heavy atom. The molecule has 2 aromatic rings. The van der Waals surface area contributed by atoms with Gasteiger partial charge in [-0.2, -0.15) is 5.26 Å². The van der Waals surface area contributed by atoms with Crippen molar-refractivity contribution in [2.24, 2.45) is 0 Å². The Morgan fingerprint density at radius 1 is 1.45 bits per heavy atom. The lowest BCUT2D eigenvalue weighted by Crippen LogP contribution is -2.64. The number of aromatic amines is 1. The molecule has 0 radical (unpaired) electrons. The number of amides is 2. The maximum Gasteiger partial charge on any atom is 0.315 e. The van der Waals surface area contributed by atoms with Crippen LogP contribution < -0.4 is 10.6 Å². The van der Waals surface area contributed by atoms with E-state index in [4.69, 9.17) is 4.74 Å². The third-order valence-corrected chi connectivity index (χ3v) is 6.20. The van der Waals surface area contributed by atoms with Crippen molar-refractivity contribution in [3.63, 3.8) is 0 Å². The molecule has 2 aliphatic rings. The van der Waals surface area contributed by atoms with Crippen molar-refractivity contribution >= 4 is 16.9 Å². The number of morpholine rings is 1. The van der Waals surface area contributed by atoms with Crippen LogP contribution in [0.25, 0.3) is 10.9 Å². The number of nitrogens with zero attached hydrogens (tertiary/aromatic N) is 2. The molecule has 4 rings (SSSR count). The smallest absolute Gasteiger partial charge is 0.315 e. The molecule has 1 aliphatic carbocycles. The Bertz CT molecular complexity index is 914. The van der Waals surface area contributed by atoms with Crippen LogP contribution in [-0.2, 0) is 11.3 Å². The number of fused-ring (bicyclic) bond motifs is 1. The van der Waals surface area contributed by atoms with Gasteiger partial charge in [0.1, 0.15) is 5.60 Å². The number of carbonyl (C=O) groups excluding carboxylic acids is 1. The number of benzene rings is 1. The Labute approximate surface area is 171 Å². The molecule has 1 aromatic heterocycles. The number of hydrogen-bond donors (Lipinski definition) is 3. The predicted molar refractivity (Wildman–Crippen MR) is 111 cm³/mol. The van der Waals surface area contributed by atoms with Gasteiger partial charge in [-0.05, 0) is 43.5 Å². The number of nitriles is 1. The number of H-pyrrole nitrogens is 1. The first kappa shape index (κ1) is 19.7. The van der Waals surface area contributed by atoms with Crippen LogP contribution in [0.2, 0.25) is 0 Å². The summed E-state index contributed by atoms with van der Waals surface area (Å²) in [5.74, 6) is 0. The number of urea groups is 1. The number of carbonyl (C=O) groups is 1. The van der Waals surface area contributed by atoms with Crippen LogP contribution >= 0.6 is 0 Å². The molecule has 1 spiro atoms. The molecule has 154 valence electrons. The van der Waals surface area contributed by atoms with E-state index in [1.807, 2.05) is 31.3 Å². The summed E-state index contributed by atoms with van der Waals surface area (Å²) in [6.45, 7) is 5.67. The van der Waals surface area contributed by atoms with Crippen molar-refractivity contribution in [3.8, 4) is 6.07 Å². The Morgan fingerprint density at radius 2 is 2.34 bits per heavy atom. The van der Waals surface area contributed by atoms with Crippen molar-refractivity contribution in [1.82, 2.24) is 20.5 Å². The SMILES string of the molecule is CCNC(=O)N[C@H]1CCCC[C@]12CN(Cc1c[nH]c3ccc(C#N)cc13)CCO2. The Kier molecular flexibility index (Phi) is 5.74. The fourth-order valence-corrected chi connectivity index (χ4v) is 4.78. The maximum absolute atomic E-state index is 12.2. The van der Waals surface area contributed by atoms with Gasteiger partial charge in [0.05, 0.1) is 24.3 Å². The molecule has 29 heavy (non-hydrogen) atoms. The molecule has 1 aliphatic heterocycles. The molecule has 2 atom stereocenters. The zero-order valence-corrected chi connectivity index (χ0v) is 17.0. The molecule has 1 saturated carbocycles. The van der Waals surface area contributed by atoms with Gasteiger partial charge >= 0.3 is 6.03 Å². The first-order chi connectivity index (χ1) is 14.1. The van der Waals surface area contributed by atoms with E-state index >= 15 is 0 Å². The van der Waals surface area contributed by atoms with Gasteiger partial charge in [0.15, 0.2) is 0 Å². The molecule has 1 aromatic carbocycles. The van der Waals surface area contributed by atoms with E-state index in [-0.39, 0.29) is 17.7 Å². The van der Waals surface area contributed by atoms with Crippen LogP contribution in [0.15, 0.2) is 24.4 Å². The number of hydrogen-bond acceptors (Lipinski definition) is 4. The lowest BCUT2D eigenvalue weighted by atomic mass is 9.79. The summed E-state index contributed by atoms with van der Waals surface area (Å²) in [5, 5.41) is 16.3. The second kappa shape index (κ2) is 8.44. The van der Waals surface area contributed by atoms with Crippen molar-refractivity contribution < 1.29 is 9.53 Å². The van der Waals surface area contributed by atoms with Gasteiger partial charge in [-0.3, -0.25) is 4.90 Å². The highest BCUT2D eigenvalue weighted by Gasteiger charge is 2.45. The zero-order chi connectivity index (χ0) is 20.3. The molecule has 3 N–H and O–H groups in total. The van der Waals surface area contributed by atoms with E-state index in [0.717, 1.165) is 56.2 Å². The van der Waals surface area contributed by atoms with Gasteiger partial charge in [0.2, 0.25) is 0 Å². The van der Waals surface area contributed by atoms with E-state index in [0.29, 0.717) is 18.7 Å². The Balaban J connectivity index is 1.51. The van der Waals surface area contributed by atoms with Crippen LogP contribution in [0, 0.1) is 11.3 Å². The van der Waals surface area contributed by atoms with Crippen LogP contribution in [0.4, 0.5) is 4.79 Å². The van der Waals surface area contributed by atoms with Crippen molar-refractivity contribution in [2.45, 2.75) is 50.8 Å². The topological polar surface area (TPSA) is 93.2 Å². The highest BCUT2D eigenvalue weighted by atomic mass is 16.5. The molecule has 7 nitrogen and oxygen atoms in total. The maximum atomic E-state index is 12.2. The van der Waals surface area contributed by atoms with Crippen molar-refractivity contribution in [2.75, 3.05) is 26.2 Å². The minimum absolute atomic E-state index is 0.0266. The quantitative estimate of drug-likeness (QED) is 0.742. The standard InChI is InChI=1S/C22H29N5O2/c1-2-24-21(28)26-20-5-3-4-8-22(20)15-27(9-10-29-22)14-17-13-25-19-7-6-16(12-23)11-18(17)19/h6-7,11,13,20,25H,2-5,8-10,14-15H2,1H3,(H2,24,26,28)/t20-,22-/m0/s1. The molecule has 2 amide bonds. The normalized spacial score (nSPS) is 25.0. The fraction of sp³-hybridized carbons (Fsp3) is 0.545. The highest BCUT2D eigenvalue weighted by molar-refractivity contribution is 5.84. The lowest BCUT2D eigenvalue weighted by Gasteiger charge is -2.49. The molecule has 7 heteroatoms. The zero-order valence-electron chi connectivity index (χ0n) is 17.0. The van der Waals surface area contributed by atoms with E-state index < -0.39 is 0 Å². The molecule has 1 saturated heterocycles. The molecular formula is C22H29N5O2. The van der Waals surface area contributed by atoms with Gasteiger partial charge in [-0.1, -0.05) is 12.8 Å². The number of rotatable bonds is 4. The Hall–Kier alpha value is -2.56. The van der Waals surface area contributed by atoms with Gasteiger partial charge in [-0.15, -0.1) is 0 Å². The molecule has 0 bridgehead atoms. The predicted octanol–water partition coefficient (Wildman–Crippen LogP) is 2.87. The summed E-state index contributed by atoms with van der Waals surface area (Å²) < 4.78 is 6.34. The summed E-state index contributed by atoms with van der Waals surface area (Å²) in [6.07, 6.45) is 6.19. The number of nitrogens with one attached hydrogen (secondary N) is 3. The van der Waals surface area contributed by atoms with Crippen LogP contribution in [0.3, 0.4) is 0 Å². The summed E-state index contributed by atoms with van der Waals surface area (Å²) in [4.78, 5) is 17.9. The largest absolute Gasteiger partial charge is 0.370 e. The van der Waals surface area contributed by atoms with Gasteiger partial charge in [-0.25, -0.2) is 4.79 Å². The van der Waals surface area contributed by atoms with Crippen molar-refractivity contribution in [3.05, 3.63) is 35.5 Å². The van der Waals surface area contributed by atoms with Gasteiger partial charge in [0.25, 0.3) is 0 Å². The van der Waals surface area contributed by atoms with E-state index in [9.17, 15) is 10.1 Å². The van der Waals surface area contributed by atoms with Crippen LogP contribution in [0.5, 0.6) is 0 Å². The van der Waals surface area contributed by atoms with Crippen LogP contribution in [0.1, 0.15) is 43.7 Å². The van der Waals surface area contributed by atoms with E-state index in [2.05, 4.69) is 26.6 Å². The fourth-order valence-electron chi connectivity index (χ4n) is 4.78. The second-order valence-electron chi connectivity index (χ2n) is 8.11. The minimum atomic E-state index is -0.328. The average molecular weight is 396 g/mol. The summed E-state index contributed by atoms with van der Waals surface area (Å²) in [7, 11) is 0. The van der Waals surface area contributed by atoms with Crippen LogP contribution in [-0.4, -0.2) is 53.8 Å². The molecular weight excluding hydrogens is 366 g/mol. The summed E-state index contributed by atoms with van der Waals surface area (Å²) >= 11 is 0. The second-order valence-corrected chi connectivity index (χ2v) is 8.11. The van der Waals surface area contributed by atoms with Gasteiger partial charge in [0, 0.05) is 43.3 Å². The van der Waals surface area contributed by atoms with E-state index in [1.54, 1.807) is 0 Å². The molecule has 0 unspecified atom stereocenters. The van der Waals surface area contributed by atoms with E-state index in [1.165, 1.54) is 5.56 Å². The minimum Gasteiger partial charge on any atom is -0.370 e. The number of aromatic nitrogens is 1. The highest BCUT2D eigenvalue weighted by Crippen LogP contribution is 2.35. The molecule has 2 fully saturated rings. The summed E-state index contributed by atoms with van der Waals surface area (Å²) in [5.41, 5.74) is 2.59. The van der Waals surface area contributed by atoms with Gasteiger partial charge < -0.3 is 20.4 Å². The number of ether oxygens (including phenoxy) is 1. The first-order valence-electron chi connectivity index (χ1n) is 10.5. The summed E-state index contributed by atoms with van der Waals surface area (Å²) in [6, 6.07) is 7.90. The molecule has 2 heterocycles. The third-order valence-electron chi connectivity index (χ3n) is 6.20. The monoisotopic (exact) mass is 395 g/mol. The first-order valence-corrected chi connectivity index (χ1v) is 10.5. The lowest BCUT2D eigenvalue weighted by molar-refractivity contribution is -0.142. The average Bonchev–Trinajstić information content (AvgIpc) is 3.12. The van der Waals surface area contributed by atoms with Crippen molar-refractivity contribution in [1.29, 1.82) is 5.26 Å². The third kappa shape index (κ3) is 4.09.